The molecule has 0 spiro atoms. The van der Waals surface area contributed by atoms with Crippen molar-refractivity contribution in [2.75, 3.05) is 0 Å². The van der Waals surface area contributed by atoms with Gasteiger partial charge in [-0.05, 0) is 62.7 Å². The van der Waals surface area contributed by atoms with Crippen molar-refractivity contribution in [3.05, 3.63) is 5.82 Å². The molecule has 0 aliphatic heterocycles. The van der Waals surface area contributed by atoms with Crippen LogP contribution >= 0.6 is 0 Å². The Labute approximate surface area is 118 Å². The van der Waals surface area contributed by atoms with E-state index in [1.165, 1.54) is 32.1 Å². The molecule has 4 saturated carbocycles. The average Bonchev–Trinajstić information content (AvgIpc) is 2.91. The summed E-state index contributed by atoms with van der Waals surface area (Å²) in [5.74, 6) is 4.01. The Morgan fingerprint density at radius 2 is 1.85 bits per heavy atom. The molecule has 1 heterocycles. The van der Waals surface area contributed by atoms with Gasteiger partial charge in [-0.15, -0.1) is 10.2 Å². The fourth-order valence-electron chi connectivity index (χ4n) is 5.08. The van der Waals surface area contributed by atoms with Gasteiger partial charge in [0.15, 0.2) is 5.82 Å². The van der Waals surface area contributed by atoms with Crippen molar-refractivity contribution in [3.8, 4) is 0 Å². The van der Waals surface area contributed by atoms with Gasteiger partial charge in [-0.1, -0.05) is 5.21 Å². The Morgan fingerprint density at radius 3 is 2.40 bits per heavy atom. The molecule has 20 heavy (non-hydrogen) atoms. The quantitative estimate of drug-likeness (QED) is 0.874. The highest BCUT2D eigenvalue weighted by Crippen LogP contribution is 2.56. The van der Waals surface area contributed by atoms with E-state index in [0.717, 1.165) is 11.8 Å². The third-order valence-electron chi connectivity index (χ3n) is 5.64. The molecule has 4 aliphatic rings. The number of aromatic nitrogens is 4. The Morgan fingerprint density at radius 1 is 1.20 bits per heavy atom. The lowest BCUT2D eigenvalue weighted by Crippen LogP contribution is -2.51. The van der Waals surface area contributed by atoms with E-state index in [4.69, 9.17) is 0 Å². The van der Waals surface area contributed by atoms with Crippen LogP contribution in [0.5, 0.6) is 0 Å². The van der Waals surface area contributed by atoms with E-state index in [-0.39, 0.29) is 17.9 Å². The van der Waals surface area contributed by atoms with Gasteiger partial charge < -0.3 is 5.32 Å². The van der Waals surface area contributed by atoms with Crippen LogP contribution in [0.3, 0.4) is 0 Å². The van der Waals surface area contributed by atoms with E-state index in [9.17, 15) is 4.79 Å². The highest BCUT2D eigenvalue weighted by Gasteiger charge is 2.50. The number of hydrogen-bond donors (Lipinski definition) is 2. The predicted octanol–water partition coefficient (Wildman–Crippen LogP) is 1.45. The van der Waals surface area contributed by atoms with Crippen LogP contribution in [0.1, 0.15) is 50.9 Å². The second-order valence-corrected chi connectivity index (χ2v) is 6.96. The zero-order valence-corrected chi connectivity index (χ0v) is 11.7. The fraction of sp³-hybridized carbons (Fsp3) is 0.857. The molecule has 1 unspecified atom stereocenters. The van der Waals surface area contributed by atoms with Gasteiger partial charge >= 0.3 is 0 Å². The van der Waals surface area contributed by atoms with Crippen LogP contribution in [-0.4, -0.2) is 26.5 Å². The van der Waals surface area contributed by atoms with Crippen molar-refractivity contribution in [1.29, 1.82) is 0 Å². The topological polar surface area (TPSA) is 83.6 Å². The molecule has 1 atom stereocenters. The van der Waals surface area contributed by atoms with E-state index in [1.54, 1.807) is 0 Å². The zero-order valence-electron chi connectivity index (χ0n) is 11.7. The number of hydrogen-bond acceptors (Lipinski definition) is 4. The van der Waals surface area contributed by atoms with Gasteiger partial charge in [0.25, 0.3) is 0 Å². The van der Waals surface area contributed by atoms with Crippen LogP contribution in [0.4, 0.5) is 0 Å². The number of H-pyrrole nitrogens is 1. The molecule has 4 aliphatic carbocycles. The second kappa shape index (κ2) is 4.53. The van der Waals surface area contributed by atoms with Crippen LogP contribution in [0, 0.1) is 29.6 Å². The smallest absolute Gasteiger partial charge is 0.224 e. The second-order valence-electron chi connectivity index (χ2n) is 6.96. The standard InChI is InChI=1S/C14H21N5O/c1-7(13-16-18-19-17-13)15-14(20)12-10-3-8-2-9(5-10)6-11(12)4-8/h7-12H,2-6H2,1H3,(H,15,20)(H,16,17,18,19). The summed E-state index contributed by atoms with van der Waals surface area (Å²) in [5, 5.41) is 17.0. The summed E-state index contributed by atoms with van der Waals surface area (Å²) in [4.78, 5) is 12.6. The van der Waals surface area contributed by atoms with E-state index in [2.05, 4.69) is 25.9 Å². The number of carbonyl (C=O) groups is 1. The van der Waals surface area contributed by atoms with Gasteiger partial charge in [-0.25, -0.2) is 0 Å². The summed E-state index contributed by atoms with van der Waals surface area (Å²) in [6.45, 7) is 1.92. The summed E-state index contributed by atoms with van der Waals surface area (Å²) >= 11 is 0. The Hall–Kier alpha value is -1.46. The number of nitrogens with one attached hydrogen (secondary N) is 2. The summed E-state index contributed by atoms with van der Waals surface area (Å²) in [6, 6.07) is -0.168. The first-order chi connectivity index (χ1) is 9.70. The SMILES string of the molecule is CC(NC(=O)C1C2CC3CC(C2)CC1C3)c1nn[nH]n1. The Bertz CT molecular complexity index is 472. The largest absolute Gasteiger partial charge is 0.346 e. The van der Waals surface area contributed by atoms with Crippen molar-refractivity contribution >= 4 is 5.91 Å². The van der Waals surface area contributed by atoms with Crippen LogP contribution in [0.2, 0.25) is 0 Å². The van der Waals surface area contributed by atoms with Crippen LogP contribution in [-0.2, 0) is 4.79 Å². The zero-order chi connectivity index (χ0) is 13.7. The van der Waals surface area contributed by atoms with Gasteiger partial charge in [-0.3, -0.25) is 4.79 Å². The summed E-state index contributed by atoms with van der Waals surface area (Å²) in [6.07, 6.45) is 6.48. The van der Waals surface area contributed by atoms with E-state index < -0.39 is 0 Å². The van der Waals surface area contributed by atoms with E-state index in [0.29, 0.717) is 17.7 Å². The lowest BCUT2D eigenvalue weighted by molar-refractivity contribution is -0.138. The summed E-state index contributed by atoms with van der Waals surface area (Å²) in [7, 11) is 0. The monoisotopic (exact) mass is 275 g/mol. The fourth-order valence-corrected chi connectivity index (χ4v) is 5.08. The van der Waals surface area contributed by atoms with Crippen molar-refractivity contribution in [3.63, 3.8) is 0 Å². The minimum atomic E-state index is -0.168. The molecule has 6 heteroatoms. The highest BCUT2D eigenvalue weighted by molar-refractivity contribution is 5.80. The molecular formula is C14H21N5O. The minimum absolute atomic E-state index is 0.168. The molecule has 2 N–H and O–H groups in total. The molecule has 5 rings (SSSR count). The van der Waals surface area contributed by atoms with Gasteiger partial charge in [0, 0.05) is 5.92 Å². The maximum atomic E-state index is 12.6. The maximum Gasteiger partial charge on any atom is 0.224 e. The molecule has 6 nitrogen and oxygen atoms in total. The maximum absolute atomic E-state index is 12.6. The summed E-state index contributed by atoms with van der Waals surface area (Å²) in [5.41, 5.74) is 0. The molecule has 108 valence electrons. The lowest BCUT2D eigenvalue weighted by atomic mass is 9.51. The lowest BCUT2D eigenvalue weighted by Gasteiger charge is -2.53. The number of amides is 1. The normalized spacial score (nSPS) is 39.8. The Balaban J connectivity index is 1.46. The number of rotatable bonds is 3. The van der Waals surface area contributed by atoms with Gasteiger partial charge in [0.1, 0.15) is 0 Å². The number of carbonyl (C=O) groups excluding carboxylic acids is 1. The molecule has 0 saturated heterocycles. The van der Waals surface area contributed by atoms with Crippen molar-refractivity contribution in [2.24, 2.45) is 29.6 Å². The first kappa shape index (κ1) is 12.3. The van der Waals surface area contributed by atoms with Crippen LogP contribution in [0.15, 0.2) is 0 Å². The molecule has 0 aromatic carbocycles. The third kappa shape index (κ3) is 1.93. The molecular weight excluding hydrogens is 254 g/mol. The number of aromatic amines is 1. The molecule has 1 aromatic rings. The summed E-state index contributed by atoms with van der Waals surface area (Å²) < 4.78 is 0. The van der Waals surface area contributed by atoms with Gasteiger partial charge in [0.05, 0.1) is 6.04 Å². The van der Waals surface area contributed by atoms with Crippen LogP contribution < -0.4 is 5.32 Å². The number of tetrazole rings is 1. The third-order valence-corrected chi connectivity index (χ3v) is 5.64. The number of nitrogens with zero attached hydrogens (tertiary/aromatic N) is 3. The van der Waals surface area contributed by atoms with Crippen LogP contribution in [0.25, 0.3) is 0 Å². The van der Waals surface area contributed by atoms with Crippen molar-refractivity contribution < 1.29 is 4.79 Å². The highest BCUT2D eigenvalue weighted by atomic mass is 16.2. The van der Waals surface area contributed by atoms with E-state index >= 15 is 0 Å². The molecule has 1 aromatic heterocycles. The molecule has 4 fully saturated rings. The van der Waals surface area contributed by atoms with Gasteiger partial charge in [-0.2, -0.15) is 5.21 Å². The molecule has 1 amide bonds. The van der Waals surface area contributed by atoms with Crippen molar-refractivity contribution in [2.45, 2.75) is 45.1 Å². The van der Waals surface area contributed by atoms with Gasteiger partial charge in [0.2, 0.25) is 5.91 Å². The first-order valence-corrected chi connectivity index (χ1v) is 7.74. The first-order valence-electron chi connectivity index (χ1n) is 7.74. The predicted molar refractivity (Wildman–Crippen MR) is 71.3 cm³/mol. The van der Waals surface area contributed by atoms with E-state index in [1.807, 2.05) is 6.92 Å². The van der Waals surface area contributed by atoms with Crippen molar-refractivity contribution in [1.82, 2.24) is 25.9 Å². The molecule has 0 radical (unpaired) electrons. The molecule has 4 bridgehead atoms. The average molecular weight is 275 g/mol. The Kier molecular flexibility index (Phi) is 2.79. The minimum Gasteiger partial charge on any atom is -0.346 e.